The predicted molar refractivity (Wildman–Crippen MR) is 125 cm³/mol. The van der Waals surface area contributed by atoms with E-state index in [1.807, 2.05) is 32.0 Å². The number of aryl methyl sites for hydroxylation is 2. The molecule has 3 rings (SSSR count). The van der Waals surface area contributed by atoms with Crippen molar-refractivity contribution in [2.24, 2.45) is 0 Å². The molecule has 2 aromatic carbocycles. The van der Waals surface area contributed by atoms with E-state index in [-0.39, 0.29) is 19.6 Å². The number of anilines is 1. The Morgan fingerprint density at radius 3 is 2.44 bits per heavy atom. The number of carbonyl (C=O) groups is 1. The summed E-state index contributed by atoms with van der Waals surface area (Å²) < 4.78 is 39.4. The van der Waals surface area contributed by atoms with Crippen molar-refractivity contribution >= 4 is 33.4 Å². The molecular weight excluding hydrogens is 454 g/mol. The molecule has 0 saturated carbocycles. The lowest BCUT2D eigenvalue weighted by atomic mass is 10.1. The number of nitrogens with zero attached hydrogens (tertiary/aromatic N) is 2. The van der Waals surface area contributed by atoms with Gasteiger partial charge >= 0.3 is 0 Å². The third-order valence-electron chi connectivity index (χ3n) is 5.39. The Morgan fingerprint density at radius 1 is 1.06 bits per heavy atom. The summed E-state index contributed by atoms with van der Waals surface area (Å²) in [5.41, 5.74) is 3.40. The second kappa shape index (κ2) is 10.1. The Labute approximate surface area is 194 Å². The maximum Gasteiger partial charge on any atom is 0.282 e. The minimum atomic E-state index is -3.79. The third kappa shape index (κ3) is 5.35. The molecule has 32 heavy (non-hydrogen) atoms. The van der Waals surface area contributed by atoms with Crippen LogP contribution < -0.4 is 14.8 Å². The number of hydrogen-bond donors (Lipinski definition) is 1. The fourth-order valence-corrected chi connectivity index (χ4v) is 5.48. The van der Waals surface area contributed by atoms with Gasteiger partial charge in [-0.2, -0.15) is 17.0 Å². The molecule has 0 spiro atoms. The van der Waals surface area contributed by atoms with Gasteiger partial charge in [-0.25, -0.2) is 0 Å². The first-order valence-corrected chi connectivity index (χ1v) is 12.0. The highest BCUT2D eigenvalue weighted by molar-refractivity contribution is 7.86. The SMILES string of the molecule is COc1cc(OC)c(NC(=O)CN2CCCN(Cc3cc(C)ccc3C)S2(=O)=O)cc1Cl. The lowest BCUT2D eigenvalue weighted by molar-refractivity contribution is -0.116. The Bertz CT molecular complexity index is 1110. The van der Waals surface area contributed by atoms with Crippen LogP contribution in [0.2, 0.25) is 5.02 Å². The van der Waals surface area contributed by atoms with Crippen LogP contribution in [-0.2, 0) is 21.5 Å². The molecule has 0 unspecified atom stereocenters. The topological polar surface area (TPSA) is 88.2 Å². The number of benzene rings is 2. The van der Waals surface area contributed by atoms with E-state index >= 15 is 0 Å². The largest absolute Gasteiger partial charge is 0.495 e. The first kappa shape index (κ1) is 24.3. The molecule has 0 atom stereocenters. The van der Waals surface area contributed by atoms with Crippen molar-refractivity contribution in [2.75, 3.05) is 39.2 Å². The van der Waals surface area contributed by atoms with Gasteiger partial charge in [0.05, 0.1) is 31.5 Å². The summed E-state index contributed by atoms with van der Waals surface area (Å²) in [5, 5.41) is 2.99. The number of carbonyl (C=O) groups excluding carboxylic acids is 1. The first-order valence-electron chi connectivity index (χ1n) is 10.2. The molecule has 1 heterocycles. The molecule has 1 fully saturated rings. The van der Waals surface area contributed by atoms with Crippen molar-refractivity contribution in [3.8, 4) is 11.5 Å². The van der Waals surface area contributed by atoms with Gasteiger partial charge in [-0.15, -0.1) is 0 Å². The van der Waals surface area contributed by atoms with Gasteiger partial charge in [0, 0.05) is 25.7 Å². The number of ether oxygens (including phenoxy) is 2. The van der Waals surface area contributed by atoms with E-state index in [2.05, 4.69) is 5.32 Å². The molecule has 10 heteroatoms. The summed E-state index contributed by atoms with van der Waals surface area (Å²) in [7, 11) is -0.852. The van der Waals surface area contributed by atoms with E-state index in [1.54, 1.807) is 6.07 Å². The number of halogens is 1. The smallest absolute Gasteiger partial charge is 0.282 e. The van der Waals surface area contributed by atoms with Crippen molar-refractivity contribution in [3.05, 3.63) is 52.0 Å². The van der Waals surface area contributed by atoms with Gasteiger partial charge in [-0.3, -0.25) is 4.79 Å². The Balaban J connectivity index is 1.74. The van der Waals surface area contributed by atoms with Gasteiger partial charge in [0.1, 0.15) is 11.5 Å². The summed E-state index contributed by atoms with van der Waals surface area (Å²) in [5.74, 6) is 0.279. The zero-order valence-corrected chi connectivity index (χ0v) is 20.2. The lowest BCUT2D eigenvalue weighted by Gasteiger charge is -2.34. The molecule has 0 aliphatic carbocycles. The van der Waals surface area contributed by atoms with E-state index in [1.165, 1.54) is 28.9 Å². The summed E-state index contributed by atoms with van der Waals surface area (Å²) in [6, 6.07) is 9.05. The van der Waals surface area contributed by atoms with Crippen LogP contribution in [0.5, 0.6) is 11.5 Å². The van der Waals surface area contributed by atoms with E-state index in [4.69, 9.17) is 21.1 Å². The summed E-state index contributed by atoms with van der Waals surface area (Å²) >= 11 is 6.15. The minimum absolute atomic E-state index is 0.274. The summed E-state index contributed by atoms with van der Waals surface area (Å²) in [6.45, 7) is 4.59. The fourth-order valence-electron chi connectivity index (χ4n) is 3.61. The highest BCUT2D eigenvalue weighted by atomic mass is 35.5. The quantitative estimate of drug-likeness (QED) is 0.655. The molecule has 1 aliphatic heterocycles. The van der Waals surface area contributed by atoms with Crippen molar-refractivity contribution in [3.63, 3.8) is 0 Å². The summed E-state index contributed by atoms with van der Waals surface area (Å²) in [6.07, 6.45) is 0.634. The maximum absolute atomic E-state index is 13.2. The molecule has 1 saturated heterocycles. The van der Waals surface area contributed by atoms with Crippen molar-refractivity contribution in [1.29, 1.82) is 0 Å². The van der Waals surface area contributed by atoms with Gasteiger partial charge < -0.3 is 14.8 Å². The second-order valence-corrected chi connectivity index (χ2v) is 10.0. The molecule has 0 aromatic heterocycles. The van der Waals surface area contributed by atoms with Gasteiger partial charge in [0.25, 0.3) is 10.2 Å². The molecule has 1 aliphatic rings. The number of rotatable bonds is 7. The normalized spacial score (nSPS) is 16.5. The molecule has 8 nitrogen and oxygen atoms in total. The van der Waals surface area contributed by atoms with Crippen molar-refractivity contribution in [1.82, 2.24) is 8.61 Å². The Hall–Kier alpha value is -2.33. The monoisotopic (exact) mass is 481 g/mol. The highest BCUT2D eigenvalue weighted by Crippen LogP contribution is 2.36. The molecule has 1 N–H and O–H groups in total. The Kier molecular flexibility index (Phi) is 7.66. The minimum Gasteiger partial charge on any atom is -0.495 e. The third-order valence-corrected chi connectivity index (χ3v) is 7.61. The van der Waals surface area contributed by atoms with Crippen LogP contribution in [0.15, 0.2) is 30.3 Å². The maximum atomic E-state index is 13.2. The van der Waals surface area contributed by atoms with E-state index in [9.17, 15) is 13.2 Å². The molecule has 2 aromatic rings. The van der Waals surface area contributed by atoms with Crippen LogP contribution in [-0.4, -0.2) is 56.8 Å². The average molecular weight is 482 g/mol. The van der Waals surface area contributed by atoms with Gasteiger partial charge in [0.2, 0.25) is 5.91 Å². The number of hydrogen-bond acceptors (Lipinski definition) is 5. The fraction of sp³-hybridized carbons (Fsp3) is 0.409. The van der Waals surface area contributed by atoms with Gasteiger partial charge in [-0.05, 0) is 37.5 Å². The number of amides is 1. The van der Waals surface area contributed by atoms with Crippen LogP contribution in [0.25, 0.3) is 0 Å². The van der Waals surface area contributed by atoms with Crippen LogP contribution in [0.1, 0.15) is 23.1 Å². The van der Waals surface area contributed by atoms with Gasteiger partial charge in [0.15, 0.2) is 0 Å². The molecule has 0 radical (unpaired) electrons. The van der Waals surface area contributed by atoms with Gasteiger partial charge in [-0.1, -0.05) is 35.4 Å². The average Bonchev–Trinajstić information content (AvgIpc) is 2.74. The van der Waals surface area contributed by atoms with E-state index < -0.39 is 16.1 Å². The van der Waals surface area contributed by atoms with Crippen LogP contribution in [0.4, 0.5) is 5.69 Å². The molecule has 1 amide bonds. The highest BCUT2D eigenvalue weighted by Gasteiger charge is 2.35. The van der Waals surface area contributed by atoms with Crippen LogP contribution in [0, 0.1) is 13.8 Å². The zero-order valence-electron chi connectivity index (χ0n) is 18.6. The second-order valence-electron chi connectivity index (χ2n) is 7.69. The predicted octanol–water partition coefficient (Wildman–Crippen LogP) is 3.37. The lowest BCUT2D eigenvalue weighted by Crippen LogP contribution is -2.51. The van der Waals surface area contributed by atoms with Crippen molar-refractivity contribution < 1.29 is 22.7 Å². The first-order chi connectivity index (χ1) is 15.1. The van der Waals surface area contributed by atoms with E-state index in [0.29, 0.717) is 35.2 Å². The number of methoxy groups -OCH3 is 2. The summed E-state index contributed by atoms with van der Waals surface area (Å²) in [4.78, 5) is 12.7. The number of nitrogens with one attached hydrogen (secondary N) is 1. The molecular formula is C22H28ClN3O5S. The Morgan fingerprint density at radius 2 is 1.75 bits per heavy atom. The standard InChI is InChI=1S/C22H28ClN3O5S/c1-15-6-7-16(2)17(10-15)13-25-8-5-9-26(32(25,28)29)14-22(27)24-19-11-18(23)20(30-3)12-21(19)31-4/h6-7,10-12H,5,8-9,13-14H2,1-4H3,(H,24,27). The van der Waals surface area contributed by atoms with Crippen LogP contribution >= 0.6 is 11.6 Å². The van der Waals surface area contributed by atoms with Crippen molar-refractivity contribution in [2.45, 2.75) is 26.8 Å². The van der Waals surface area contributed by atoms with Crippen LogP contribution in [0.3, 0.4) is 0 Å². The molecule has 174 valence electrons. The molecule has 0 bridgehead atoms. The van der Waals surface area contributed by atoms with E-state index in [0.717, 1.165) is 16.7 Å². The zero-order chi connectivity index (χ0) is 23.5.